The highest BCUT2D eigenvalue weighted by Crippen LogP contribution is 2.38. The Labute approximate surface area is 294 Å². The number of pyridine rings is 1. The van der Waals surface area contributed by atoms with Crippen molar-refractivity contribution >= 4 is 56.6 Å². The maximum Gasteiger partial charge on any atom is 0.407 e. The molecule has 4 bridgehead atoms. The summed E-state index contributed by atoms with van der Waals surface area (Å²) in [5.74, 6) is -2.65. The summed E-state index contributed by atoms with van der Waals surface area (Å²) >= 11 is 0. The van der Waals surface area contributed by atoms with Gasteiger partial charge in [-0.05, 0) is 54.8 Å². The van der Waals surface area contributed by atoms with Crippen LogP contribution in [0.3, 0.4) is 0 Å². The fraction of sp³-hybridized carbons (Fsp3) is 0.429. The summed E-state index contributed by atoms with van der Waals surface area (Å²) in [7, 11) is -3.92. The molecule has 1 saturated heterocycles. The number of cyclic esters (lactones) is 1. The first-order valence-electron chi connectivity index (χ1n) is 16.8. The summed E-state index contributed by atoms with van der Waals surface area (Å²) in [4.78, 5) is 72.4. The second-order valence-corrected chi connectivity index (χ2v) is 15.2. The van der Waals surface area contributed by atoms with E-state index in [1.807, 2.05) is 36.4 Å². The summed E-state index contributed by atoms with van der Waals surface area (Å²) in [5.41, 5.74) is -0.0773. The van der Waals surface area contributed by atoms with Gasteiger partial charge in [-0.25, -0.2) is 18.2 Å². The van der Waals surface area contributed by atoms with E-state index in [0.29, 0.717) is 36.6 Å². The Morgan fingerprint density at radius 3 is 2.67 bits per heavy atom. The molecule has 4 aliphatic rings. The minimum atomic E-state index is -3.92. The first-order chi connectivity index (χ1) is 24.4. The maximum absolute atomic E-state index is 14.2. The largest absolute Gasteiger partial charge is 0.472 e. The van der Waals surface area contributed by atoms with Crippen molar-refractivity contribution in [1.82, 2.24) is 30.6 Å². The van der Waals surface area contributed by atoms with E-state index in [1.165, 1.54) is 4.90 Å². The molecule has 15 nitrogen and oxygen atoms in total. The van der Waals surface area contributed by atoms with Crippen LogP contribution in [0.2, 0.25) is 0 Å². The van der Waals surface area contributed by atoms with Gasteiger partial charge in [0.25, 0.3) is 5.91 Å². The number of allylic oxidation sites excluding steroid dienone is 1. The van der Waals surface area contributed by atoms with Crippen molar-refractivity contribution in [3.05, 3.63) is 66.9 Å². The molecule has 270 valence electrons. The fourth-order valence-electron chi connectivity index (χ4n) is 6.45. The molecule has 51 heavy (non-hydrogen) atoms. The highest BCUT2D eigenvalue weighted by atomic mass is 32.2. The van der Waals surface area contributed by atoms with Crippen molar-refractivity contribution in [2.45, 2.75) is 73.9 Å². The minimum absolute atomic E-state index is 0.00562. The smallest absolute Gasteiger partial charge is 0.407 e. The Morgan fingerprint density at radius 2 is 1.94 bits per heavy atom. The number of hydrogen-bond donors (Lipinski definition) is 4. The minimum Gasteiger partial charge on any atom is -0.472 e. The Kier molecular flexibility index (Phi) is 10.1. The molecule has 1 aromatic heterocycles. The predicted octanol–water partition coefficient (Wildman–Crippen LogP) is 1.60. The molecule has 3 heterocycles. The number of alkyl carbamates (subject to hydrolysis) is 1. The van der Waals surface area contributed by atoms with Crippen LogP contribution in [-0.4, -0.2) is 96.7 Å². The van der Waals surface area contributed by atoms with E-state index >= 15 is 0 Å². The third-order valence-electron chi connectivity index (χ3n) is 9.29. The summed E-state index contributed by atoms with van der Waals surface area (Å²) in [5, 5.41) is 8.65. The molecule has 2 saturated carbocycles. The van der Waals surface area contributed by atoms with Gasteiger partial charge in [0, 0.05) is 37.4 Å². The van der Waals surface area contributed by atoms with Gasteiger partial charge in [-0.1, -0.05) is 43.0 Å². The number of aromatic nitrogens is 1. The average molecular weight is 721 g/mol. The number of ether oxygens (including phenoxy) is 2. The molecule has 2 aromatic rings. The molecule has 0 radical (unpaired) electrons. The van der Waals surface area contributed by atoms with Crippen molar-refractivity contribution in [1.29, 1.82) is 0 Å². The molecular formula is C35H40N6O9S. The van der Waals surface area contributed by atoms with Gasteiger partial charge in [-0.3, -0.25) is 23.9 Å². The Balaban J connectivity index is 1.32. The molecule has 3 fully saturated rings. The zero-order chi connectivity index (χ0) is 36.3. The molecule has 1 aromatic carbocycles. The van der Waals surface area contributed by atoms with Crippen LogP contribution in [-0.2, 0) is 33.9 Å². The van der Waals surface area contributed by atoms with Crippen molar-refractivity contribution in [2.24, 2.45) is 0 Å². The van der Waals surface area contributed by atoms with Gasteiger partial charge in [0.05, 0.1) is 18.4 Å². The van der Waals surface area contributed by atoms with Crippen molar-refractivity contribution in [3.63, 3.8) is 0 Å². The second-order valence-electron chi connectivity index (χ2n) is 13.3. The molecule has 0 unspecified atom stereocenters. The van der Waals surface area contributed by atoms with E-state index < -0.39 is 68.7 Å². The van der Waals surface area contributed by atoms with Crippen LogP contribution in [0.15, 0.2) is 61.3 Å². The molecule has 16 heteroatoms. The van der Waals surface area contributed by atoms with Crippen molar-refractivity contribution in [3.8, 4) is 5.88 Å². The normalized spacial score (nSPS) is 24.1. The number of nitrogens with one attached hydrogen (secondary N) is 4. The Bertz CT molecular complexity index is 1920. The predicted molar refractivity (Wildman–Crippen MR) is 185 cm³/mol. The van der Waals surface area contributed by atoms with Gasteiger partial charge in [0.15, 0.2) is 0 Å². The number of carbonyl (C=O) groups excluding carboxylic acids is 5. The van der Waals surface area contributed by atoms with Crippen LogP contribution in [0.4, 0.5) is 4.79 Å². The van der Waals surface area contributed by atoms with E-state index in [4.69, 9.17) is 9.47 Å². The lowest BCUT2D eigenvalue weighted by atomic mass is 9.72. The third kappa shape index (κ3) is 8.06. The van der Waals surface area contributed by atoms with Crippen LogP contribution in [0.5, 0.6) is 5.88 Å². The summed E-state index contributed by atoms with van der Waals surface area (Å²) in [6.07, 6.45) is 6.77. The quantitative estimate of drug-likeness (QED) is 0.229. The van der Waals surface area contributed by atoms with Crippen LogP contribution in [0, 0.1) is 0 Å². The van der Waals surface area contributed by atoms with Crippen molar-refractivity contribution < 1.29 is 41.9 Å². The number of nitrogens with zero attached hydrogens (tertiary/aromatic N) is 2. The summed E-state index contributed by atoms with van der Waals surface area (Å²) in [6.45, 7) is 6.87. The van der Waals surface area contributed by atoms with Gasteiger partial charge in [-0.2, -0.15) is 0 Å². The number of carbonyl (C=O) groups is 5. The van der Waals surface area contributed by atoms with Crippen LogP contribution >= 0.6 is 0 Å². The molecule has 4 N–H and O–H groups in total. The van der Waals surface area contributed by atoms with E-state index in [2.05, 4.69) is 38.8 Å². The lowest BCUT2D eigenvalue weighted by Gasteiger charge is -2.43. The first-order valence-corrected chi connectivity index (χ1v) is 18.3. The average Bonchev–Trinajstić information content (AvgIpc) is 3.87. The molecule has 3 atom stereocenters. The van der Waals surface area contributed by atoms with E-state index in [1.54, 1.807) is 6.20 Å². The van der Waals surface area contributed by atoms with Gasteiger partial charge >= 0.3 is 6.09 Å². The van der Waals surface area contributed by atoms with Gasteiger partial charge in [0.2, 0.25) is 33.6 Å². The number of benzene rings is 1. The Morgan fingerprint density at radius 1 is 1.16 bits per heavy atom. The van der Waals surface area contributed by atoms with Gasteiger partial charge in [0.1, 0.15) is 23.7 Å². The monoisotopic (exact) mass is 720 g/mol. The van der Waals surface area contributed by atoms with E-state index in [-0.39, 0.29) is 44.8 Å². The molecule has 5 amide bonds. The number of sulfonamides is 1. The number of amides is 5. The lowest BCUT2D eigenvalue weighted by Crippen LogP contribution is -2.67. The van der Waals surface area contributed by atoms with Crippen molar-refractivity contribution in [2.75, 3.05) is 19.7 Å². The molecular weight excluding hydrogens is 680 g/mol. The number of fused-ring (bicyclic) bond motifs is 3. The highest BCUT2D eigenvalue weighted by molar-refractivity contribution is 7.91. The zero-order valence-electron chi connectivity index (χ0n) is 27.9. The standard InChI is InChI=1S/C35H40N6O9S/c1-3-29(42)37-19-27-32(44)41-20-24(16-28(41)30(43)39-35(17-21(2)18-35)33(45)40-51(47,48)25-10-11-25)50-31-26-15-22(8-9-23(26)12-13-36-31)7-5-4-6-14-49-34(46)38-27/h3,5,7-9,12-13,15,24-25,27-28H,1-2,4,6,10-11,14,16-20H2,(H,37,42)(H,38,46)(H,39,43)(H,40,45)/b7-5+/t24-,27+,28+/m1/s1. The second kappa shape index (κ2) is 14.5. The van der Waals surface area contributed by atoms with Crippen LogP contribution in [0.25, 0.3) is 16.8 Å². The first kappa shape index (κ1) is 35.6. The number of rotatable bonds is 8. The van der Waals surface area contributed by atoms with Crippen LogP contribution in [0.1, 0.15) is 50.5 Å². The van der Waals surface area contributed by atoms with Gasteiger partial charge in [-0.15, -0.1) is 0 Å². The lowest BCUT2D eigenvalue weighted by molar-refractivity contribution is -0.142. The molecule has 0 spiro atoms. The highest BCUT2D eigenvalue weighted by Gasteiger charge is 2.53. The fourth-order valence-corrected chi connectivity index (χ4v) is 7.83. The number of hydrogen-bond acceptors (Lipinski definition) is 10. The van der Waals surface area contributed by atoms with Crippen LogP contribution < -0.4 is 25.4 Å². The zero-order valence-corrected chi connectivity index (χ0v) is 28.7. The molecule has 2 aliphatic heterocycles. The maximum atomic E-state index is 14.2. The SMILES string of the molecule is C=CC(=O)NC[C@@H]1NC(=O)OCCC/C=C/c2ccc3ccnc(c3c2)O[C@@H]2C[C@@H](C(=O)NC3(C(=O)NS(=O)(=O)C4CC4)CC(=C)C3)N(C2)C1=O. The topological polar surface area (TPSA) is 202 Å². The van der Waals surface area contributed by atoms with E-state index in [9.17, 15) is 32.4 Å². The summed E-state index contributed by atoms with van der Waals surface area (Å²) in [6, 6.07) is 5.04. The van der Waals surface area contributed by atoms with Gasteiger partial charge < -0.3 is 30.3 Å². The molecule has 2 aliphatic carbocycles. The van der Waals surface area contributed by atoms with E-state index in [0.717, 1.165) is 17.0 Å². The Hall–Kier alpha value is -5.25. The summed E-state index contributed by atoms with van der Waals surface area (Å²) < 4.78 is 39.1. The third-order valence-corrected chi connectivity index (χ3v) is 11.1. The molecule has 6 rings (SSSR count).